The van der Waals surface area contributed by atoms with Gasteiger partial charge in [-0.1, -0.05) is 36.8 Å². The highest BCUT2D eigenvalue weighted by Crippen LogP contribution is 2.37. The van der Waals surface area contributed by atoms with Crippen molar-refractivity contribution in [1.82, 2.24) is 4.90 Å². The highest BCUT2D eigenvalue weighted by Gasteiger charge is 2.38. The van der Waals surface area contributed by atoms with Crippen LogP contribution in [-0.2, 0) is 14.2 Å². The van der Waals surface area contributed by atoms with Crippen LogP contribution in [0.15, 0.2) is 61.0 Å². The van der Waals surface area contributed by atoms with Gasteiger partial charge in [0.15, 0.2) is 5.76 Å². The lowest BCUT2D eigenvalue weighted by Gasteiger charge is -2.45. The lowest BCUT2D eigenvalue weighted by Crippen LogP contribution is -2.50. The first kappa shape index (κ1) is 20.0. The number of rotatable bonds is 9. The lowest BCUT2D eigenvalue weighted by molar-refractivity contribution is -0.0170. The molecule has 2 heterocycles. The topological polar surface area (TPSA) is 30.9 Å². The Morgan fingerprint density at radius 2 is 2.33 bits per heavy atom. The molecule has 0 aromatic heterocycles. The standard InChI is InChI=1S/C23H33NO3/c1-3-13-26-19-23(4-2)11-8-12-24(18-23)21(22-17-25-14-15-27-22)16-20-9-6-5-7-10-20/h3,5-6,9,14-15,17,21H,1,4,7-8,10-13,16,18-19H2,2H3. The first-order chi connectivity index (χ1) is 13.3. The summed E-state index contributed by atoms with van der Waals surface area (Å²) >= 11 is 0. The molecule has 0 N–H and O–H groups in total. The molecule has 0 saturated carbocycles. The van der Waals surface area contributed by atoms with E-state index in [1.807, 2.05) is 6.08 Å². The summed E-state index contributed by atoms with van der Waals surface area (Å²) in [7, 11) is 0. The molecule has 2 unspecified atom stereocenters. The fourth-order valence-corrected chi connectivity index (χ4v) is 4.29. The zero-order valence-corrected chi connectivity index (χ0v) is 16.6. The summed E-state index contributed by atoms with van der Waals surface area (Å²) in [6.45, 7) is 9.58. The molecule has 2 atom stereocenters. The third-order valence-corrected chi connectivity index (χ3v) is 5.93. The van der Waals surface area contributed by atoms with Crippen molar-refractivity contribution in [2.75, 3.05) is 26.3 Å². The molecule has 1 saturated heterocycles. The van der Waals surface area contributed by atoms with E-state index in [-0.39, 0.29) is 11.5 Å². The molecule has 3 rings (SSSR count). The van der Waals surface area contributed by atoms with Crippen molar-refractivity contribution in [1.29, 1.82) is 0 Å². The van der Waals surface area contributed by atoms with Crippen LogP contribution in [0.25, 0.3) is 0 Å². The molecule has 4 heteroatoms. The molecule has 0 aromatic carbocycles. The summed E-state index contributed by atoms with van der Waals surface area (Å²) in [6, 6.07) is 0.207. The van der Waals surface area contributed by atoms with Crippen LogP contribution in [0, 0.1) is 5.41 Å². The molecule has 0 amide bonds. The van der Waals surface area contributed by atoms with Gasteiger partial charge in [-0.25, -0.2) is 0 Å². The molecule has 148 valence electrons. The van der Waals surface area contributed by atoms with Gasteiger partial charge in [0.25, 0.3) is 0 Å². The third kappa shape index (κ3) is 5.36. The zero-order chi connectivity index (χ0) is 19.0. The Hall–Kier alpha value is -1.78. The molecular formula is C23H33NO3. The van der Waals surface area contributed by atoms with E-state index in [0.29, 0.717) is 6.61 Å². The molecule has 1 fully saturated rings. The van der Waals surface area contributed by atoms with Gasteiger partial charge in [-0.2, -0.15) is 0 Å². The minimum atomic E-state index is 0.201. The first-order valence-corrected chi connectivity index (χ1v) is 10.2. The van der Waals surface area contributed by atoms with Crippen molar-refractivity contribution in [3.05, 3.63) is 61.0 Å². The number of nitrogens with zero attached hydrogens (tertiary/aromatic N) is 1. The summed E-state index contributed by atoms with van der Waals surface area (Å²) in [5.41, 5.74) is 1.68. The summed E-state index contributed by atoms with van der Waals surface area (Å²) < 4.78 is 17.2. The fraction of sp³-hybridized carbons (Fsp3) is 0.565. The fourth-order valence-electron chi connectivity index (χ4n) is 4.29. The van der Waals surface area contributed by atoms with Crippen LogP contribution in [0.3, 0.4) is 0 Å². The van der Waals surface area contributed by atoms with E-state index in [9.17, 15) is 0 Å². The van der Waals surface area contributed by atoms with Crippen LogP contribution in [0.2, 0.25) is 0 Å². The highest BCUT2D eigenvalue weighted by atomic mass is 16.5. The molecule has 0 radical (unpaired) electrons. The minimum Gasteiger partial charge on any atom is -0.466 e. The Balaban J connectivity index is 1.75. The van der Waals surface area contributed by atoms with Crippen molar-refractivity contribution in [3.8, 4) is 0 Å². The number of allylic oxidation sites excluding steroid dienone is 3. The van der Waals surface area contributed by atoms with E-state index >= 15 is 0 Å². The van der Waals surface area contributed by atoms with Crippen LogP contribution in [0.4, 0.5) is 0 Å². The minimum absolute atomic E-state index is 0.201. The van der Waals surface area contributed by atoms with Gasteiger partial charge in [-0.15, -0.1) is 6.58 Å². The zero-order valence-electron chi connectivity index (χ0n) is 16.6. The van der Waals surface area contributed by atoms with Crippen molar-refractivity contribution >= 4 is 0 Å². The maximum Gasteiger partial charge on any atom is 0.156 e. The first-order valence-electron chi connectivity index (χ1n) is 10.2. The van der Waals surface area contributed by atoms with Crippen LogP contribution in [-0.4, -0.2) is 37.2 Å². The monoisotopic (exact) mass is 371 g/mol. The second kappa shape index (κ2) is 9.95. The number of hydrogen-bond acceptors (Lipinski definition) is 4. The maximum atomic E-state index is 5.89. The van der Waals surface area contributed by atoms with E-state index in [4.69, 9.17) is 14.2 Å². The molecule has 0 bridgehead atoms. The number of ether oxygens (including phenoxy) is 3. The number of piperidine rings is 1. The highest BCUT2D eigenvalue weighted by molar-refractivity contribution is 5.21. The molecule has 0 spiro atoms. The van der Waals surface area contributed by atoms with E-state index in [2.05, 4.69) is 36.6 Å². The van der Waals surface area contributed by atoms with Gasteiger partial charge in [-0.05, 0) is 45.1 Å². The summed E-state index contributed by atoms with van der Waals surface area (Å²) in [5.74, 6) is 0.909. The van der Waals surface area contributed by atoms with Crippen molar-refractivity contribution in [2.45, 2.75) is 51.5 Å². The molecule has 0 aromatic rings. The molecule has 3 aliphatic rings. The van der Waals surface area contributed by atoms with Gasteiger partial charge in [0.2, 0.25) is 0 Å². The molecular weight excluding hydrogens is 338 g/mol. The lowest BCUT2D eigenvalue weighted by atomic mass is 9.77. The summed E-state index contributed by atoms with van der Waals surface area (Å²) in [5, 5.41) is 0. The Kier molecular flexibility index (Phi) is 7.36. The van der Waals surface area contributed by atoms with E-state index in [1.54, 1.807) is 18.8 Å². The van der Waals surface area contributed by atoms with Crippen LogP contribution in [0.1, 0.15) is 45.4 Å². The van der Waals surface area contributed by atoms with Crippen molar-refractivity contribution in [3.63, 3.8) is 0 Å². The van der Waals surface area contributed by atoms with Crippen LogP contribution >= 0.6 is 0 Å². The average molecular weight is 372 g/mol. The molecule has 27 heavy (non-hydrogen) atoms. The predicted molar refractivity (Wildman–Crippen MR) is 109 cm³/mol. The molecule has 4 nitrogen and oxygen atoms in total. The number of hydrogen-bond donors (Lipinski definition) is 0. The predicted octanol–water partition coefficient (Wildman–Crippen LogP) is 5.08. The SMILES string of the molecule is C=CCOCC1(CC)CCCN(C(CC2=CC=CCC2)C2=COC=CO2)C1. The maximum absolute atomic E-state index is 5.89. The van der Waals surface area contributed by atoms with E-state index in [1.165, 1.54) is 18.4 Å². The molecule has 1 aliphatic carbocycles. The largest absolute Gasteiger partial charge is 0.466 e. The van der Waals surface area contributed by atoms with Crippen molar-refractivity contribution in [2.24, 2.45) is 5.41 Å². The van der Waals surface area contributed by atoms with Crippen molar-refractivity contribution < 1.29 is 14.2 Å². The Morgan fingerprint density at radius 3 is 3.04 bits per heavy atom. The average Bonchev–Trinajstić information content (AvgIpc) is 2.74. The number of likely N-dealkylation sites (tertiary alicyclic amines) is 1. The quantitative estimate of drug-likeness (QED) is 0.418. The van der Waals surface area contributed by atoms with Gasteiger partial charge in [0.1, 0.15) is 18.8 Å². The molecule has 2 aliphatic heterocycles. The Bertz CT molecular complexity index is 619. The van der Waals surface area contributed by atoms with Gasteiger partial charge in [-0.3, -0.25) is 4.90 Å². The normalized spacial score (nSPS) is 26.6. The second-order valence-electron chi connectivity index (χ2n) is 7.79. The Labute approximate surface area is 163 Å². The van der Waals surface area contributed by atoms with Crippen LogP contribution < -0.4 is 0 Å². The smallest absolute Gasteiger partial charge is 0.156 e. The second-order valence-corrected chi connectivity index (χ2v) is 7.79. The van der Waals surface area contributed by atoms with E-state index < -0.39 is 0 Å². The summed E-state index contributed by atoms with van der Waals surface area (Å²) in [6.07, 6.45) is 20.3. The van der Waals surface area contributed by atoms with Gasteiger partial charge in [0.05, 0.1) is 19.3 Å². The van der Waals surface area contributed by atoms with Gasteiger partial charge < -0.3 is 14.2 Å². The summed E-state index contributed by atoms with van der Waals surface area (Å²) in [4.78, 5) is 2.58. The van der Waals surface area contributed by atoms with Gasteiger partial charge >= 0.3 is 0 Å². The van der Waals surface area contributed by atoms with Crippen LogP contribution in [0.5, 0.6) is 0 Å². The van der Waals surface area contributed by atoms with Gasteiger partial charge in [0, 0.05) is 12.0 Å². The Morgan fingerprint density at radius 1 is 1.41 bits per heavy atom. The third-order valence-electron chi connectivity index (χ3n) is 5.93. The van der Waals surface area contributed by atoms with E-state index in [0.717, 1.165) is 51.1 Å².